The third kappa shape index (κ3) is 7.67. The van der Waals surface area contributed by atoms with Crippen LogP contribution in [-0.4, -0.2) is 86.1 Å². The fourth-order valence-electron chi connectivity index (χ4n) is 4.01. The van der Waals surface area contributed by atoms with Crippen molar-refractivity contribution < 1.29 is 35.9 Å². The normalized spacial score (nSPS) is 24.0. The van der Waals surface area contributed by atoms with Crippen LogP contribution in [0.2, 0.25) is 0 Å². The zero-order chi connectivity index (χ0) is 24.9. The average molecular weight is 510 g/mol. The lowest BCUT2D eigenvalue weighted by Crippen LogP contribution is -2.44. The van der Waals surface area contributed by atoms with E-state index < -0.39 is 34.4 Å². The largest absolute Gasteiger partial charge is 0.480 e. The number of rotatable bonds is 8. The predicted octanol–water partition coefficient (Wildman–Crippen LogP) is 1.94. The van der Waals surface area contributed by atoms with E-state index in [-0.39, 0.29) is 35.4 Å². The summed E-state index contributed by atoms with van der Waals surface area (Å²) in [5.74, 6) is -0.793. The minimum absolute atomic E-state index is 0.0534. The Kier molecular flexibility index (Phi) is 8.57. The van der Waals surface area contributed by atoms with Gasteiger partial charge in [-0.15, -0.1) is 0 Å². The molecule has 2 fully saturated rings. The van der Waals surface area contributed by atoms with Crippen LogP contribution in [-0.2, 0) is 14.8 Å². The second-order valence-corrected chi connectivity index (χ2v) is 10.4. The van der Waals surface area contributed by atoms with Gasteiger partial charge in [0.2, 0.25) is 21.9 Å². The lowest BCUT2D eigenvalue weighted by atomic mass is 9.92. The molecule has 2 heterocycles. The number of carbonyl (C=O) groups excluding carboxylic acids is 1. The SMILES string of the molecule is COc1nc(NC2CCC(NS(=O)(=O)CCC(F)(F)F)CC2)ncc1C(=O)N1CCOC(C)C1. The van der Waals surface area contributed by atoms with Gasteiger partial charge in [0.05, 0.1) is 32.0 Å². The Morgan fingerprint density at radius 2 is 1.94 bits per heavy atom. The molecule has 1 aromatic rings. The van der Waals surface area contributed by atoms with Gasteiger partial charge in [-0.25, -0.2) is 18.1 Å². The van der Waals surface area contributed by atoms with Gasteiger partial charge in [0.15, 0.2) is 0 Å². The van der Waals surface area contributed by atoms with Gasteiger partial charge >= 0.3 is 6.18 Å². The molecule has 1 saturated carbocycles. The number of hydrogen-bond acceptors (Lipinski definition) is 8. The fourth-order valence-corrected chi connectivity index (χ4v) is 5.37. The van der Waals surface area contributed by atoms with Gasteiger partial charge in [-0.3, -0.25) is 4.79 Å². The number of ether oxygens (including phenoxy) is 2. The van der Waals surface area contributed by atoms with E-state index in [1.54, 1.807) is 4.90 Å². The summed E-state index contributed by atoms with van der Waals surface area (Å²) in [7, 11) is -2.58. The Hall–Kier alpha value is -2.19. The number of hydrogen-bond donors (Lipinski definition) is 2. The molecule has 1 unspecified atom stereocenters. The fraction of sp³-hybridized carbons (Fsp3) is 0.750. The Morgan fingerprint density at radius 1 is 1.26 bits per heavy atom. The molecule has 1 atom stereocenters. The quantitative estimate of drug-likeness (QED) is 0.545. The maximum atomic E-state index is 12.8. The number of methoxy groups -OCH3 is 1. The van der Waals surface area contributed by atoms with Gasteiger partial charge in [0.25, 0.3) is 5.91 Å². The number of alkyl halides is 3. The van der Waals surface area contributed by atoms with E-state index in [1.165, 1.54) is 13.3 Å². The second-order valence-electron chi connectivity index (χ2n) is 8.54. The van der Waals surface area contributed by atoms with Crippen molar-refractivity contribution in [1.82, 2.24) is 19.6 Å². The molecule has 0 aromatic carbocycles. The summed E-state index contributed by atoms with van der Waals surface area (Å²) in [5, 5.41) is 3.16. The number of sulfonamides is 1. The summed E-state index contributed by atoms with van der Waals surface area (Å²) in [6, 6.07) is -0.468. The van der Waals surface area contributed by atoms with Gasteiger partial charge in [-0.05, 0) is 32.6 Å². The zero-order valence-corrected chi connectivity index (χ0v) is 19.9. The molecule has 0 bridgehead atoms. The Labute approximate surface area is 196 Å². The minimum Gasteiger partial charge on any atom is -0.480 e. The highest BCUT2D eigenvalue weighted by molar-refractivity contribution is 7.89. The number of aromatic nitrogens is 2. The van der Waals surface area contributed by atoms with Gasteiger partial charge in [0, 0.05) is 31.4 Å². The van der Waals surface area contributed by atoms with E-state index in [1.807, 2.05) is 6.92 Å². The first-order valence-electron chi connectivity index (χ1n) is 11.1. The maximum absolute atomic E-state index is 12.8. The summed E-state index contributed by atoms with van der Waals surface area (Å²) in [6.07, 6.45) is -2.46. The molecule has 10 nitrogen and oxygen atoms in total. The number of nitrogens with zero attached hydrogens (tertiary/aromatic N) is 3. The van der Waals surface area contributed by atoms with E-state index in [0.717, 1.165) is 0 Å². The van der Waals surface area contributed by atoms with Crippen LogP contribution in [0.25, 0.3) is 0 Å². The van der Waals surface area contributed by atoms with E-state index >= 15 is 0 Å². The predicted molar refractivity (Wildman–Crippen MR) is 117 cm³/mol. The Morgan fingerprint density at radius 3 is 2.56 bits per heavy atom. The number of nitrogens with one attached hydrogen (secondary N) is 2. The summed E-state index contributed by atoms with van der Waals surface area (Å²) >= 11 is 0. The molecular formula is C20H30F3N5O5S. The first-order chi connectivity index (χ1) is 16.0. The van der Waals surface area contributed by atoms with Crippen molar-refractivity contribution in [2.75, 3.05) is 37.9 Å². The molecule has 3 rings (SSSR count). The van der Waals surface area contributed by atoms with E-state index in [2.05, 4.69) is 20.0 Å². The molecule has 1 amide bonds. The van der Waals surface area contributed by atoms with Crippen LogP contribution >= 0.6 is 0 Å². The van der Waals surface area contributed by atoms with E-state index in [0.29, 0.717) is 45.4 Å². The molecule has 14 heteroatoms. The van der Waals surface area contributed by atoms with Gasteiger partial charge in [-0.1, -0.05) is 0 Å². The van der Waals surface area contributed by atoms with Crippen molar-refractivity contribution in [3.05, 3.63) is 11.8 Å². The van der Waals surface area contributed by atoms with Crippen LogP contribution in [0, 0.1) is 0 Å². The highest BCUT2D eigenvalue weighted by Gasteiger charge is 2.32. The molecule has 2 aliphatic rings. The molecule has 0 radical (unpaired) electrons. The van der Waals surface area contributed by atoms with Crippen LogP contribution in [0.4, 0.5) is 19.1 Å². The number of morpholine rings is 1. The van der Waals surface area contributed by atoms with Crippen molar-refractivity contribution in [3.63, 3.8) is 0 Å². The summed E-state index contributed by atoms with van der Waals surface area (Å²) in [5.41, 5.74) is 0.249. The monoisotopic (exact) mass is 509 g/mol. The maximum Gasteiger partial charge on any atom is 0.390 e. The zero-order valence-electron chi connectivity index (χ0n) is 19.1. The third-order valence-electron chi connectivity index (χ3n) is 5.77. The molecule has 2 N–H and O–H groups in total. The first kappa shape index (κ1) is 26.4. The molecule has 1 aromatic heterocycles. The number of anilines is 1. The Balaban J connectivity index is 1.53. The van der Waals surface area contributed by atoms with Gasteiger partial charge in [-0.2, -0.15) is 18.2 Å². The molecule has 1 aliphatic heterocycles. The second kappa shape index (κ2) is 11.0. The van der Waals surface area contributed by atoms with Crippen molar-refractivity contribution in [2.45, 2.75) is 63.4 Å². The number of amides is 1. The topological polar surface area (TPSA) is 123 Å². The molecular weight excluding hydrogens is 479 g/mol. The highest BCUT2D eigenvalue weighted by atomic mass is 32.2. The Bertz CT molecular complexity index is 954. The first-order valence-corrected chi connectivity index (χ1v) is 12.8. The lowest BCUT2D eigenvalue weighted by molar-refractivity contribution is -0.130. The molecule has 0 spiro atoms. The van der Waals surface area contributed by atoms with E-state index in [4.69, 9.17) is 9.47 Å². The average Bonchev–Trinajstić information content (AvgIpc) is 2.78. The summed E-state index contributed by atoms with van der Waals surface area (Å²) in [4.78, 5) is 23.1. The van der Waals surface area contributed by atoms with Crippen molar-refractivity contribution in [2.24, 2.45) is 0 Å². The standard InChI is InChI=1S/C20H30F3N5O5S/c1-13-12-28(8-9-33-13)18(29)16-11-24-19(26-17(16)32-2)25-14-3-5-15(6-4-14)27-34(30,31)10-7-20(21,22)23/h11,13-15,27H,3-10,12H2,1-2H3,(H,24,25,26). The van der Waals surface area contributed by atoms with Gasteiger partial charge < -0.3 is 19.7 Å². The molecule has 34 heavy (non-hydrogen) atoms. The van der Waals surface area contributed by atoms with Crippen LogP contribution in [0.3, 0.4) is 0 Å². The molecule has 1 aliphatic carbocycles. The highest BCUT2D eigenvalue weighted by Crippen LogP contribution is 2.25. The van der Waals surface area contributed by atoms with Crippen LogP contribution < -0.4 is 14.8 Å². The molecule has 192 valence electrons. The number of halogens is 3. The minimum atomic E-state index is -4.52. The number of carbonyl (C=O) groups is 1. The van der Waals surface area contributed by atoms with Crippen LogP contribution in [0.15, 0.2) is 6.20 Å². The smallest absolute Gasteiger partial charge is 0.390 e. The molecule has 1 saturated heterocycles. The van der Waals surface area contributed by atoms with Gasteiger partial charge in [0.1, 0.15) is 5.56 Å². The summed E-state index contributed by atoms with van der Waals surface area (Å²) in [6.45, 7) is 3.28. The van der Waals surface area contributed by atoms with Crippen LogP contribution in [0.5, 0.6) is 5.88 Å². The van der Waals surface area contributed by atoms with Crippen LogP contribution in [0.1, 0.15) is 49.4 Å². The van der Waals surface area contributed by atoms with Crippen molar-refractivity contribution in [1.29, 1.82) is 0 Å². The van der Waals surface area contributed by atoms with E-state index in [9.17, 15) is 26.4 Å². The van der Waals surface area contributed by atoms with Crippen molar-refractivity contribution >= 4 is 21.9 Å². The summed E-state index contributed by atoms with van der Waals surface area (Å²) < 4.78 is 73.9. The third-order valence-corrected chi connectivity index (χ3v) is 7.20. The lowest BCUT2D eigenvalue weighted by Gasteiger charge is -2.31. The van der Waals surface area contributed by atoms with Crippen molar-refractivity contribution in [3.8, 4) is 5.88 Å².